The fraction of sp³-hybridized carbons (Fsp3) is 0.933. The van der Waals surface area contributed by atoms with Crippen LogP contribution in [0, 0.1) is 5.41 Å². The van der Waals surface area contributed by atoms with E-state index < -0.39 is 0 Å². The van der Waals surface area contributed by atoms with E-state index in [1.807, 2.05) is 23.7 Å². The molecule has 0 spiro atoms. The lowest BCUT2D eigenvalue weighted by molar-refractivity contribution is -0.147. The molecule has 21 heavy (non-hydrogen) atoms. The zero-order valence-corrected chi connectivity index (χ0v) is 14.8. The average molecular weight is 337 g/mol. The number of carbonyl (C=O) groups is 1. The van der Waals surface area contributed by atoms with Gasteiger partial charge in [-0.15, -0.1) is 12.4 Å². The summed E-state index contributed by atoms with van der Waals surface area (Å²) in [6.07, 6.45) is 5.05. The summed E-state index contributed by atoms with van der Waals surface area (Å²) in [4.78, 5) is 14.9. The Morgan fingerprint density at radius 1 is 1.38 bits per heavy atom. The van der Waals surface area contributed by atoms with Crippen molar-refractivity contribution in [3.63, 3.8) is 0 Å². The fourth-order valence-corrected chi connectivity index (χ4v) is 4.60. The van der Waals surface area contributed by atoms with Crippen molar-refractivity contribution in [2.75, 3.05) is 32.6 Å². The molecule has 0 bridgehead atoms. The van der Waals surface area contributed by atoms with E-state index in [9.17, 15) is 4.79 Å². The summed E-state index contributed by atoms with van der Waals surface area (Å²) in [6.45, 7) is 3.98. The summed E-state index contributed by atoms with van der Waals surface area (Å²) in [5.41, 5.74) is 5.57. The van der Waals surface area contributed by atoms with Gasteiger partial charge in [0.15, 0.2) is 0 Å². The van der Waals surface area contributed by atoms with Gasteiger partial charge in [0, 0.05) is 38.1 Å². The molecule has 1 saturated carbocycles. The Morgan fingerprint density at radius 2 is 2.05 bits per heavy atom. The van der Waals surface area contributed by atoms with Crippen LogP contribution in [0.3, 0.4) is 0 Å². The van der Waals surface area contributed by atoms with E-state index in [1.54, 1.807) is 0 Å². The predicted octanol–water partition coefficient (Wildman–Crippen LogP) is 2.30. The molecule has 124 valence electrons. The summed E-state index contributed by atoms with van der Waals surface area (Å²) < 4.78 is 5.40. The number of hydrogen-bond donors (Lipinski definition) is 1. The van der Waals surface area contributed by atoms with Crippen molar-refractivity contribution in [1.29, 1.82) is 0 Å². The summed E-state index contributed by atoms with van der Waals surface area (Å²) in [7, 11) is 1.97. The molecule has 2 unspecified atom stereocenters. The van der Waals surface area contributed by atoms with Gasteiger partial charge in [-0.2, -0.15) is 11.8 Å². The van der Waals surface area contributed by atoms with E-state index >= 15 is 0 Å². The number of thioether (sulfide) groups is 1. The molecule has 0 aromatic carbocycles. The van der Waals surface area contributed by atoms with Crippen molar-refractivity contribution in [2.24, 2.45) is 11.1 Å². The van der Waals surface area contributed by atoms with Gasteiger partial charge in [0.1, 0.15) is 0 Å². The lowest BCUT2D eigenvalue weighted by atomic mass is 9.78. The number of ether oxygens (including phenoxy) is 1. The molecular weight excluding hydrogens is 308 g/mol. The van der Waals surface area contributed by atoms with Crippen LogP contribution >= 0.6 is 24.2 Å². The highest BCUT2D eigenvalue weighted by atomic mass is 35.5. The first kappa shape index (κ1) is 19.1. The molecule has 1 aliphatic carbocycles. The maximum absolute atomic E-state index is 12.9. The Morgan fingerprint density at radius 3 is 2.62 bits per heavy atom. The van der Waals surface area contributed by atoms with E-state index in [0.717, 1.165) is 30.9 Å². The molecule has 2 rings (SSSR count). The smallest absolute Gasteiger partial charge is 0.230 e. The Bertz CT molecular complexity index is 338. The first-order valence-corrected chi connectivity index (χ1v) is 8.84. The van der Waals surface area contributed by atoms with Gasteiger partial charge >= 0.3 is 0 Å². The van der Waals surface area contributed by atoms with Crippen molar-refractivity contribution in [2.45, 2.75) is 50.3 Å². The zero-order valence-electron chi connectivity index (χ0n) is 13.2. The molecule has 1 heterocycles. The molecule has 6 heteroatoms. The minimum Gasteiger partial charge on any atom is -0.381 e. The van der Waals surface area contributed by atoms with Crippen molar-refractivity contribution in [3.8, 4) is 0 Å². The fourth-order valence-electron chi connectivity index (χ4n) is 3.46. The van der Waals surface area contributed by atoms with Gasteiger partial charge in [0.25, 0.3) is 0 Å². The molecular formula is C15H29ClN2O2S. The number of nitrogens with two attached hydrogens (primary N) is 1. The molecule has 1 saturated heterocycles. The van der Waals surface area contributed by atoms with Crippen molar-refractivity contribution >= 4 is 30.1 Å². The van der Waals surface area contributed by atoms with Crippen LogP contribution in [0.2, 0.25) is 0 Å². The van der Waals surface area contributed by atoms with Crippen LogP contribution < -0.4 is 5.73 Å². The minimum atomic E-state index is -0.372. The lowest BCUT2D eigenvalue weighted by Crippen LogP contribution is -2.52. The SMILES string of the molecule is CCSC1CCC(N(C)C(=O)C2(CN)CCOCC2)C1.Cl. The molecule has 2 atom stereocenters. The highest BCUT2D eigenvalue weighted by Crippen LogP contribution is 2.36. The summed E-state index contributed by atoms with van der Waals surface area (Å²) >= 11 is 2.03. The number of nitrogens with zero attached hydrogens (tertiary/aromatic N) is 1. The van der Waals surface area contributed by atoms with Crippen LogP contribution in [-0.4, -0.2) is 54.7 Å². The third-order valence-electron chi connectivity index (χ3n) is 4.92. The lowest BCUT2D eigenvalue weighted by Gasteiger charge is -2.39. The normalized spacial score (nSPS) is 28.0. The van der Waals surface area contributed by atoms with E-state index in [2.05, 4.69) is 6.92 Å². The Labute approximate surface area is 138 Å². The minimum absolute atomic E-state index is 0. The van der Waals surface area contributed by atoms with Crippen LogP contribution in [0.5, 0.6) is 0 Å². The topological polar surface area (TPSA) is 55.6 Å². The monoisotopic (exact) mass is 336 g/mol. The van der Waals surface area contributed by atoms with Crippen molar-refractivity contribution < 1.29 is 9.53 Å². The first-order chi connectivity index (χ1) is 9.63. The van der Waals surface area contributed by atoms with Crippen LogP contribution in [0.4, 0.5) is 0 Å². The quantitative estimate of drug-likeness (QED) is 0.837. The molecule has 0 radical (unpaired) electrons. The third-order valence-corrected chi connectivity index (χ3v) is 6.15. The van der Waals surface area contributed by atoms with Gasteiger partial charge in [-0.3, -0.25) is 4.79 Å². The maximum atomic E-state index is 12.9. The van der Waals surface area contributed by atoms with Gasteiger partial charge in [-0.05, 0) is 37.9 Å². The molecule has 0 aromatic heterocycles. The van der Waals surface area contributed by atoms with E-state index in [1.165, 1.54) is 12.2 Å². The highest BCUT2D eigenvalue weighted by molar-refractivity contribution is 7.99. The number of hydrogen-bond acceptors (Lipinski definition) is 4. The molecule has 0 aromatic rings. The molecule has 1 aliphatic heterocycles. The zero-order chi connectivity index (χ0) is 14.6. The first-order valence-electron chi connectivity index (χ1n) is 7.79. The molecule has 2 fully saturated rings. The van der Waals surface area contributed by atoms with E-state index in [4.69, 9.17) is 10.5 Å². The molecule has 2 N–H and O–H groups in total. The molecule has 2 aliphatic rings. The average Bonchev–Trinajstić information content (AvgIpc) is 2.95. The van der Waals surface area contributed by atoms with Crippen LogP contribution in [0.25, 0.3) is 0 Å². The highest BCUT2D eigenvalue weighted by Gasteiger charge is 2.43. The second-order valence-corrected chi connectivity index (χ2v) is 7.63. The standard InChI is InChI=1S/C15H28N2O2S.ClH/c1-3-20-13-5-4-12(10-13)17(2)14(18)15(11-16)6-8-19-9-7-15;/h12-13H,3-11,16H2,1-2H3;1H. The van der Waals surface area contributed by atoms with Crippen LogP contribution in [-0.2, 0) is 9.53 Å². The van der Waals surface area contributed by atoms with Crippen LogP contribution in [0.15, 0.2) is 0 Å². The number of rotatable bonds is 5. The van der Waals surface area contributed by atoms with Gasteiger partial charge in [-0.25, -0.2) is 0 Å². The summed E-state index contributed by atoms with van der Waals surface area (Å²) in [6, 6.07) is 0.401. The second-order valence-electron chi connectivity index (χ2n) is 6.06. The maximum Gasteiger partial charge on any atom is 0.230 e. The van der Waals surface area contributed by atoms with E-state index in [0.29, 0.717) is 25.8 Å². The van der Waals surface area contributed by atoms with Gasteiger partial charge in [-0.1, -0.05) is 6.92 Å². The van der Waals surface area contributed by atoms with E-state index in [-0.39, 0.29) is 23.7 Å². The predicted molar refractivity (Wildman–Crippen MR) is 91.1 cm³/mol. The number of amides is 1. The Balaban J connectivity index is 0.00000220. The third kappa shape index (κ3) is 4.27. The van der Waals surface area contributed by atoms with Gasteiger partial charge in [0.2, 0.25) is 5.91 Å². The van der Waals surface area contributed by atoms with Crippen LogP contribution in [0.1, 0.15) is 39.0 Å². The number of halogens is 1. The van der Waals surface area contributed by atoms with Gasteiger partial charge < -0.3 is 15.4 Å². The van der Waals surface area contributed by atoms with Gasteiger partial charge in [0.05, 0.1) is 5.41 Å². The summed E-state index contributed by atoms with van der Waals surface area (Å²) in [5.74, 6) is 1.41. The Hall–Kier alpha value is 0.0300. The second kappa shape index (κ2) is 8.61. The largest absolute Gasteiger partial charge is 0.381 e. The van der Waals surface area contributed by atoms with Crippen molar-refractivity contribution in [3.05, 3.63) is 0 Å². The molecule has 4 nitrogen and oxygen atoms in total. The Kier molecular flexibility index (Phi) is 7.82. The molecule has 1 amide bonds. The number of carbonyl (C=O) groups excluding carboxylic acids is 1. The van der Waals surface area contributed by atoms with Crippen molar-refractivity contribution in [1.82, 2.24) is 4.90 Å². The summed E-state index contributed by atoms with van der Waals surface area (Å²) in [5, 5.41) is 0.726.